The maximum Gasteiger partial charge on any atom is 0.193 e. The molecule has 6 heteroatoms. The van der Waals surface area contributed by atoms with Gasteiger partial charge in [0, 0.05) is 7.11 Å². The van der Waals surface area contributed by atoms with Crippen LogP contribution in [0.1, 0.15) is 80.1 Å². The van der Waals surface area contributed by atoms with Gasteiger partial charge in [-0.05, 0) is 86.1 Å². The maximum atomic E-state index is 7.20. The molecule has 1 aliphatic carbocycles. The van der Waals surface area contributed by atoms with Gasteiger partial charge in [-0.3, -0.25) is 0 Å². The van der Waals surface area contributed by atoms with Gasteiger partial charge in [0.1, 0.15) is 4.08 Å². The summed E-state index contributed by atoms with van der Waals surface area (Å²) in [5.41, 5.74) is 1.49. The molecule has 0 radical (unpaired) electrons. The largest absolute Gasteiger partial charge is 0.407 e. The number of ether oxygens (including phenoxy) is 2. The predicted molar refractivity (Wildman–Crippen MR) is 140 cm³/mol. The van der Waals surface area contributed by atoms with E-state index in [2.05, 4.69) is 84.2 Å². The van der Waals surface area contributed by atoms with Crippen molar-refractivity contribution in [3.8, 4) is 0 Å². The van der Waals surface area contributed by atoms with Crippen molar-refractivity contribution >= 4 is 31.8 Å². The highest BCUT2D eigenvalue weighted by molar-refractivity contribution is 8.18. The first-order valence-electron chi connectivity index (χ1n) is 12.1. The number of methoxy groups -OCH3 is 1. The van der Waals surface area contributed by atoms with E-state index in [1.54, 1.807) is 0 Å². The van der Waals surface area contributed by atoms with E-state index in [4.69, 9.17) is 13.9 Å². The molecule has 1 spiro atoms. The summed E-state index contributed by atoms with van der Waals surface area (Å²) in [6.07, 6.45) is 9.18. The molecular weight excluding hydrogens is 440 g/mol. The Labute approximate surface area is 201 Å². The van der Waals surface area contributed by atoms with Crippen LogP contribution in [0.3, 0.4) is 0 Å². The van der Waals surface area contributed by atoms with E-state index < -0.39 is 8.32 Å². The van der Waals surface area contributed by atoms with Gasteiger partial charge in [-0.1, -0.05) is 40.7 Å². The predicted octanol–water partition coefficient (Wildman–Crippen LogP) is 7.62. The molecule has 0 saturated carbocycles. The van der Waals surface area contributed by atoms with Crippen LogP contribution in [0.5, 0.6) is 0 Å². The Bertz CT molecular complexity index is 664. The average molecular weight is 487 g/mol. The van der Waals surface area contributed by atoms with Crippen LogP contribution in [0, 0.1) is 5.41 Å². The Morgan fingerprint density at radius 1 is 1.10 bits per heavy atom. The summed E-state index contributed by atoms with van der Waals surface area (Å²) >= 11 is 4.10. The lowest BCUT2D eigenvalue weighted by Crippen LogP contribution is -2.60. The summed E-state index contributed by atoms with van der Waals surface area (Å²) in [4.78, 5) is 0. The second kappa shape index (κ2) is 9.29. The van der Waals surface area contributed by atoms with E-state index in [1.807, 2.05) is 7.11 Å². The molecule has 180 valence electrons. The van der Waals surface area contributed by atoms with Crippen molar-refractivity contribution < 1.29 is 13.9 Å². The summed E-state index contributed by atoms with van der Waals surface area (Å²) in [5.74, 6) is 2.41. The normalized spacial score (nSPS) is 32.5. The SMILES string of the molecule is CO[C@H]1O[C@](C)([C@H](O[Si](C)(C)C(C)(C)C)C2=CCC(C)(C)CC2)CCC12SCCCS2. The van der Waals surface area contributed by atoms with E-state index in [0.717, 1.165) is 25.7 Å². The third-order valence-corrected chi connectivity index (χ3v) is 15.9. The monoisotopic (exact) mass is 486 g/mol. The van der Waals surface area contributed by atoms with Crippen LogP contribution in [0.2, 0.25) is 18.1 Å². The second-order valence-corrected chi connectivity index (χ2v) is 20.1. The highest BCUT2D eigenvalue weighted by Gasteiger charge is 2.55. The molecule has 3 aliphatic rings. The van der Waals surface area contributed by atoms with Gasteiger partial charge in [-0.15, -0.1) is 23.5 Å². The van der Waals surface area contributed by atoms with E-state index >= 15 is 0 Å². The fourth-order valence-corrected chi connectivity index (χ4v) is 9.30. The standard InChI is InChI=1S/C25H46O3S2Si/c1-22(2,3)31(8,9)28-20(19-11-13-23(4,5)14-12-19)24(6)15-16-25(21(26-7)27-24)29-17-10-18-30-25/h11,20-21H,10,12-18H2,1-9H3/t20-,21+,24+/m1/s1. The summed E-state index contributed by atoms with van der Waals surface area (Å²) in [6, 6.07) is 0. The number of hydrogen-bond donors (Lipinski definition) is 0. The van der Waals surface area contributed by atoms with E-state index in [-0.39, 0.29) is 27.1 Å². The van der Waals surface area contributed by atoms with Crippen molar-refractivity contribution in [1.29, 1.82) is 0 Å². The van der Waals surface area contributed by atoms with Crippen molar-refractivity contribution in [3.05, 3.63) is 11.6 Å². The zero-order valence-electron chi connectivity index (χ0n) is 21.4. The van der Waals surface area contributed by atoms with E-state index in [0.29, 0.717) is 5.41 Å². The van der Waals surface area contributed by atoms with E-state index in [1.165, 1.54) is 29.9 Å². The summed E-state index contributed by atoms with van der Waals surface area (Å²) in [7, 11) is -0.151. The van der Waals surface area contributed by atoms with Crippen LogP contribution in [-0.2, 0) is 13.9 Å². The van der Waals surface area contributed by atoms with Crippen molar-refractivity contribution in [2.24, 2.45) is 5.41 Å². The highest BCUT2D eigenvalue weighted by Crippen LogP contribution is 2.56. The molecule has 0 aromatic carbocycles. The summed E-state index contributed by atoms with van der Waals surface area (Å²) < 4.78 is 20.2. The number of hydrogen-bond acceptors (Lipinski definition) is 5. The zero-order chi connectivity index (χ0) is 23.1. The van der Waals surface area contributed by atoms with Crippen LogP contribution < -0.4 is 0 Å². The van der Waals surface area contributed by atoms with Crippen LogP contribution in [0.15, 0.2) is 11.6 Å². The lowest BCUT2D eigenvalue weighted by molar-refractivity contribution is -0.243. The van der Waals surface area contributed by atoms with Gasteiger partial charge in [0.15, 0.2) is 14.6 Å². The van der Waals surface area contributed by atoms with Gasteiger partial charge in [-0.2, -0.15) is 0 Å². The number of thioether (sulfide) groups is 2. The molecule has 0 aromatic heterocycles. The van der Waals surface area contributed by atoms with Crippen molar-refractivity contribution in [3.63, 3.8) is 0 Å². The Hall–Kier alpha value is 0.537. The van der Waals surface area contributed by atoms with Crippen molar-refractivity contribution in [2.45, 2.75) is 120 Å². The molecule has 3 nitrogen and oxygen atoms in total. The van der Waals surface area contributed by atoms with Gasteiger partial charge in [0.05, 0.1) is 11.7 Å². The quantitative estimate of drug-likeness (QED) is 0.294. The Morgan fingerprint density at radius 3 is 2.26 bits per heavy atom. The molecule has 0 amide bonds. The van der Waals surface area contributed by atoms with Crippen LogP contribution in [-0.4, -0.2) is 49.0 Å². The first-order chi connectivity index (χ1) is 14.2. The minimum absolute atomic E-state index is 0.0121. The molecule has 31 heavy (non-hydrogen) atoms. The Balaban J connectivity index is 1.92. The number of rotatable bonds is 5. The Kier molecular flexibility index (Phi) is 7.84. The van der Waals surface area contributed by atoms with Crippen LogP contribution in [0.25, 0.3) is 0 Å². The van der Waals surface area contributed by atoms with Crippen LogP contribution in [0.4, 0.5) is 0 Å². The molecule has 3 rings (SSSR count). The average Bonchev–Trinajstić information content (AvgIpc) is 2.68. The molecule has 0 N–H and O–H groups in total. The minimum atomic E-state index is -1.97. The topological polar surface area (TPSA) is 27.7 Å². The van der Waals surface area contributed by atoms with Crippen molar-refractivity contribution in [1.82, 2.24) is 0 Å². The molecule has 0 bridgehead atoms. The van der Waals surface area contributed by atoms with Gasteiger partial charge in [-0.25, -0.2) is 0 Å². The lowest BCUT2D eigenvalue weighted by Gasteiger charge is -2.54. The molecule has 0 unspecified atom stereocenters. The zero-order valence-corrected chi connectivity index (χ0v) is 24.1. The van der Waals surface area contributed by atoms with Crippen LogP contribution >= 0.6 is 23.5 Å². The van der Waals surface area contributed by atoms with E-state index in [9.17, 15) is 0 Å². The first-order valence-corrected chi connectivity index (χ1v) is 17.0. The molecule has 2 saturated heterocycles. The maximum absolute atomic E-state index is 7.20. The summed E-state index contributed by atoms with van der Waals surface area (Å²) in [6.45, 7) is 18.8. The first kappa shape index (κ1) is 26.1. The van der Waals surface area contributed by atoms with Gasteiger partial charge in [0.2, 0.25) is 0 Å². The lowest BCUT2D eigenvalue weighted by atomic mass is 9.74. The second-order valence-electron chi connectivity index (χ2n) is 12.3. The van der Waals surface area contributed by atoms with Gasteiger partial charge >= 0.3 is 0 Å². The molecule has 3 atom stereocenters. The molecule has 2 aliphatic heterocycles. The highest BCUT2D eigenvalue weighted by atomic mass is 32.2. The molecule has 0 aromatic rings. The van der Waals surface area contributed by atoms with Gasteiger partial charge < -0.3 is 13.9 Å². The van der Waals surface area contributed by atoms with Gasteiger partial charge in [0.25, 0.3) is 0 Å². The molecule has 2 heterocycles. The minimum Gasteiger partial charge on any atom is -0.407 e. The fourth-order valence-electron chi connectivity index (χ4n) is 4.62. The third-order valence-electron chi connectivity index (χ3n) is 8.02. The fraction of sp³-hybridized carbons (Fsp3) is 0.920. The number of allylic oxidation sites excluding steroid dienone is 1. The molecular formula is C25H46O3S2Si. The third kappa shape index (κ3) is 5.62. The Morgan fingerprint density at radius 2 is 1.74 bits per heavy atom. The molecule has 2 fully saturated rings. The smallest absolute Gasteiger partial charge is 0.193 e. The van der Waals surface area contributed by atoms with Crippen molar-refractivity contribution in [2.75, 3.05) is 18.6 Å². The summed E-state index contributed by atoms with van der Waals surface area (Å²) in [5, 5.41) is 0.168.